The molecule has 1 aromatic carbocycles. The molecule has 1 heterocycles. The molecule has 0 bridgehead atoms. The molecule has 0 aliphatic carbocycles. The van der Waals surface area contributed by atoms with E-state index in [1.165, 1.54) is 12.4 Å². The summed E-state index contributed by atoms with van der Waals surface area (Å²) in [5.74, 6) is 1.35. The maximum Gasteiger partial charge on any atom is 0.227 e. The zero-order valence-electron chi connectivity index (χ0n) is 11.9. The van der Waals surface area contributed by atoms with E-state index in [4.69, 9.17) is 4.74 Å². The Bertz CT molecular complexity index is 602. The van der Waals surface area contributed by atoms with Crippen molar-refractivity contribution in [1.29, 1.82) is 0 Å². The van der Waals surface area contributed by atoms with E-state index in [0.717, 1.165) is 24.2 Å². The SMILES string of the molecule is CCCc1c(NC)ncnc1Oc1ccc(C)c(F)c1. The molecule has 0 unspecified atom stereocenters. The van der Waals surface area contributed by atoms with E-state index in [-0.39, 0.29) is 5.82 Å². The van der Waals surface area contributed by atoms with Crippen molar-refractivity contribution in [2.24, 2.45) is 0 Å². The highest BCUT2D eigenvalue weighted by molar-refractivity contribution is 5.49. The van der Waals surface area contributed by atoms with Crippen LogP contribution >= 0.6 is 0 Å². The summed E-state index contributed by atoms with van der Waals surface area (Å²) < 4.78 is 19.3. The number of rotatable bonds is 5. The highest BCUT2D eigenvalue weighted by Gasteiger charge is 2.12. The van der Waals surface area contributed by atoms with Crippen LogP contribution in [0.2, 0.25) is 0 Å². The highest BCUT2D eigenvalue weighted by Crippen LogP contribution is 2.28. The third-order valence-corrected chi connectivity index (χ3v) is 3.00. The van der Waals surface area contributed by atoms with Gasteiger partial charge in [-0.3, -0.25) is 0 Å². The van der Waals surface area contributed by atoms with Crippen molar-refractivity contribution in [1.82, 2.24) is 9.97 Å². The van der Waals surface area contributed by atoms with E-state index in [1.807, 2.05) is 0 Å². The van der Waals surface area contributed by atoms with Crippen LogP contribution in [0, 0.1) is 12.7 Å². The Labute approximate surface area is 118 Å². The maximum absolute atomic E-state index is 13.6. The smallest absolute Gasteiger partial charge is 0.227 e. The number of nitrogens with zero attached hydrogens (tertiary/aromatic N) is 2. The molecule has 0 aliphatic heterocycles. The fraction of sp³-hybridized carbons (Fsp3) is 0.333. The second kappa shape index (κ2) is 6.32. The monoisotopic (exact) mass is 275 g/mol. The Morgan fingerprint density at radius 2 is 2.10 bits per heavy atom. The van der Waals surface area contributed by atoms with Gasteiger partial charge in [0.15, 0.2) is 0 Å². The van der Waals surface area contributed by atoms with Crippen LogP contribution in [-0.4, -0.2) is 17.0 Å². The minimum atomic E-state index is -0.289. The zero-order chi connectivity index (χ0) is 14.5. The largest absolute Gasteiger partial charge is 0.438 e. The summed E-state index contributed by atoms with van der Waals surface area (Å²) in [6.45, 7) is 3.78. The van der Waals surface area contributed by atoms with Crippen molar-refractivity contribution in [3.63, 3.8) is 0 Å². The fourth-order valence-electron chi connectivity index (χ4n) is 1.92. The van der Waals surface area contributed by atoms with Gasteiger partial charge in [0.25, 0.3) is 0 Å². The van der Waals surface area contributed by atoms with Gasteiger partial charge >= 0.3 is 0 Å². The molecule has 0 atom stereocenters. The number of hydrogen-bond donors (Lipinski definition) is 1. The number of aromatic nitrogens is 2. The molecule has 0 radical (unpaired) electrons. The van der Waals surface area contributed by atoms with Gasteiger partial charge in [-0.15, -0.1) is 0 Å². The second-order valence-corrected chi connectivity index (χ2v) is 4.52. The van der Waals surface area contributed by atoms with Crippen molar-refractivity contribution >= 4 is 5.82 Å². The average Bonchev–Trinajstić information content (AvgIpc) is 2.45. The molecule has 0 amide bonds. The summed E-state index contributed by atoms with van der Waals surface area (Å²) >= 11 is 0. The molecule has 0 spiro atoms. The van der Waals surface area contributed by atoms with Gasteiger partial charge in [0.2, 0.25) is 5.88 Å². The summed E-state index contributed by atoms with van der Waals surface area (Å²) in [5, 5.41) is 3.02. The van der Waals surface area contributed by atoms with Crippen molar-refractivity contribution in [2.75, 3.05) is 12.4 Å². The van der Waals surface area contributed by atoms with Gasteiger partial charge in [0.1, 0.15) is 23.7 Å². The highest BCUT2D eigenvalue weighted by atomic mass is 19.1. The lowest BCUT2D eigenvalue weighted by atomic mass is 10.1. The molecule has 0 saturated carbocycles. The van der Waals surface area contributed by atoms with Crippen molar-refractivity contribution in [3.05, 3.63) is 41.5 Å². The number of aryl methyl sites for hydroxylation is 1. The third kappa shape index (κ3) is 3.04. The van der Waals surface area contributed by atoms with E-state index >= 15 is 0 Å². The molecule has 4 nitrogen and oxygen atoms in total. The number of nitrogens with one attached hydrogen (secondary N) is 1. The first-order valence-electron chi connectivity index (χ1n) is 6.61. The number of benzene rings is 1. The molecule has 0 saturated heterocycles. The van der Waals surface area contributed by atoms with Gasteiger partial charge in [-0.05, 0) is 25.0 Å². The standard InChI is InChI=1S/C15H18FN3O/c1-4-5-12-14(17-3)18-9-19-15(12)20-11-7-6-10(2)13(16)8-11/h6-9H,4-5H2,1-3H3,(H,17,18,19). The average molecular weight is 275 g/mol. The Kier molecular flexibility index (Phi) is 4.50. The summed E-state index contributed by atoms with van der Waals surface area (Å²) in [5.41, 5.74) is 1.49. The molecule has 1 N–H and O–H groups in total. The van der Waals surface area contributed by atoms with Crippen LogP contribution in [0.4, 0.5) is 10.2 Å². The minimum absolute atomic E-state index is 0.289. The Balaban J connectivity index is 2.34. The van der Waals surface area contributed by atoms with Crippen LogP contribution < -0.4 is 10.1 Å². The van der Waals surface area contributed by atoms with Crippen LogP contribution in [0.15, 0.2) is 24.5 Å². The number of hydrogen-bond acceptors (Lipinski definition) is 4. The molecular weight excluding hydrogens is 257 g/mol. The maximum atomic E-state index is 13.6. The first kappa shape index (κ1) is 14.2. The lowest BCUT2D eigenvalue weighted by Gasteiger charge is -2.12. The Hall–Kier alpha value is -2.17. The molecule has 0 aliphatic rings. The summed E-state index contributed by atoms with van der Waals surface area (Å²) in [7, 11) is 1.80. The fourth-order valence-corrected chi connectivity index (χ4v) is 1.92. The predicted octanol–water partition coefficient (Wildman–Crippen LogP) is 3.71. The third-order valence-electron chi connectivity index (χ3n) is 3.00. The molecule has 106 valence electrons. The van der Waals surface area contributed by atoms with E-state index in [9.17, 15) is 4.39 Å². The van der Waals surface area contributed by atoms with Gasteiger partial charge in [0, 0.05) is 13.1 Å². The lowest BCUT2D eigenvalue weighted by molar-refractivity contribution is 0.449. The van der Waals surface area contributed by atoms with Gasteiger partial charge in [-0.2, -0.15) is 0 Å². The van der Waals surface area contributed by atoms with Crippen LogP contribution in [0.5, 0.6) is 11.6 Å². The van der Waals surface area contributed by atoms with E-state index in [0.29, 0.717) is 17.2 Å². The quantitative estimate of drug-likeness (QED) is 0.903. The zero-order valence-corrected chi connectivity index (χ0v) is 11.9. The van der Waals surface area contributed by atoms with E-state index in [1.54, 1.807) is 26.1 Å². The van der Waals surface area contributed by atoms with E-state index in [2.05, 4.69) is 22.2 Å². The topological polar surface area (TPSA) is 47.0 Å². The Morgan fingerprint density at radius 1 is 1.30 bits per heavy atom. The van der Waals surface area contributed by atoms with Crippen molar-refractivity contribution in [2.45, 2.75) is 26.7 Å². The number of anilines is 1. The van der Waals surface area contributed by atoms with Gasteiger partial charge in [0.05, 0.1) is 5.56 Å². The van der Waals surface area contributed by atoms with Gasteiger partial charge in [-0.1, -0.05) is 19.4 Å². The van der Waals surface area contributed by atoms with E-state index < -0.39 is 0 Å². The summed E-state index contributed by atoms with van der Waals surface area (Å²) in [6.07, 6.45) is 3.17. The van der Waals surface area contributed by atoms with Gasteiger partial charge in [-0.25, -0.2) is 14.4 Å². The molecule has 1 aromatic heterocycles. The van der Waals surface area contributed by atoms with Crippen LogP contribution in [-0.2, 0) is 6.42 Å². The second-order valence-electron chi connectivity index (χ2n) is 4.52. The molecule has 20 heavy (non-hydrogen) atoms. The first-order chi connectivity index (χ1) is 9.65. The predicted molar refractivity (Wildman–Crippen MR) is 76.8 cm³/mol. The number of halogens is 1. The van der Waals surface area contributed by atoms with Crippen LogP contribution in [0.1, 0.15) is 24.5 Å². The summed E-state index contributed by atoms with van der Waals surface area (Å²) in [4.78, 5) is 8.33. The molecule has 2 aromatic rings. The Morgan fingerprint density at radius 3 is 2.75 bits per heavy atom. The first-order valence-corrected chi connectivity index (χ1v) is 6.61. The van der Waals surface area contributed by atoms with Crippen molar-refractivity contribution in [3.8, 4) is 11.6 Å². The number of ether oxygens (including phenoxy) is 1. The van der Waals surface area contributed by atoms with Gasteiger partial charge < -0.3 is 10.1 Å². The normalized spacial score (nSPS) is 10.4. The van der Waals surface area contributed by atoms with Crippen molar-refractivity contribution < 1.29 is 9.13 Å². The van der Waals surface area contributed by atoms with Crippen LogP contribution in [0.25, 0.3) is 0 Å². The molecule has 2 rings (SSSR count). The summed E-state index contributed by atoms with van der Waals surface area (Å²) in [6, 6.07) is 4.78. The molecule has 0 fully saturated rings. The lowest BCUT2D eigenvalue weighted by Crippen LogP contribution is -2.03. The molecular formula is C15H18FN3O. The minimum Gasteiger partial charge on any atom is -0.438 e. The van der Waals surface area contributed by atoms with Crippen LogP contribution in [0.3, 0.4) is 0 Å². The molecule has 5 heteroatoms.